The third-order valence-electron chi connectivity index (χ3n) is 8.92. The monoisotopic (exact) mass is 586 g/mol. The van der Waals surface area contributed by atoms with Crippen molar-refractivity contribution >= 4 is 5.78 Å². The van der Waals surface area contributed by atoms with Gasteiger partial charge in [-0.05, 0) is 69.4 Å². The summed E-state index contributed by atoms with van der Waals surface area (Å²) in [5.41, 5.74) is 4.18. The highest BCUT2D eigenvalue weighted by atomic mass is 16.3. The number of hydrogen-bond acceptors (Lipinski definition) is 4. The Hall–Kier alpha value is -3.21. The molecule has 0 spiro atoms. The van der Waals surface area contributed by atoms with Crippen LogP contribution in [0, 0.1) is 16.2 Å². The fourth-order valence-corrected chi connectivity index (χ4v) is 5.83. The SMILES string of the molecule is CC(/C=C/C=C(C)/C=C/C(=O)[C@]1(C)C[C@@H](O)CC1(C)C)=C\C=C\C=C(C)\C=C\C=C(C)\C=C\C1=C(O)C[C@@H](O)CC1(C)C. The van der Waals surface area contributed by atoms with Crippen LogP contribution in [0.1, 0.15) is 88.0 Å². The van der Waals surface area contributed by atoms with E-state index in [4.69, 9.17) is 0 Å². The average molecular weight is 587 g/mol. The molecule has 0 aliphatic heterocycles. The molecule has 1 saturated carbocycles. The van der Waals surface area contributed by atoms with Crippen molar-refractivity contribution in [3.05, 3.63) is 119 Å². The van der Waals surface area contributed by atoms with E-state index < -0.39 is 17.6 Å². The molecule has 0 aromatic heterocycles. The first-order chi connectivity index (χ1) is 20.0. The molecule has 3 atom stereocenters. The Morgan fingerprint density at radius 1 is 0.651 bits per heavy atom. The molecule has 0 bridgehead atoms. The first kappa shape index (κ1) is 36.0. The Morgan fingerprint density at radius 3 is 1.63 bits per heavy atom. The van der Waals surface area contributed by atoms with Crippen LogP contribution in [0.2, 0.25) is 0 Å². The Morgan fingerprint density at radius 2 is 1.14 bits per heavy atom. The topological polar surface area (TPSA) is 77.8 Å². The molecule has 2 aliphatic carbocycles. The summed E-state index contributed by atoms with van der Waals surface area (Å²) in [5.74, 6) is 0.356. The van der Waals surface area contributed by atoms with Gasteiger partial charge < -0.3 is 15.3 Å². The van der Waals surface area contributed by atoms with Gasteiger partial charge in [-0.25, -0.2) is 0 Å². The van der Waals surface area contributed by atoms with Crippen LogP contribution in [0.5, 0.6) is 0 Å². The third-order valence-corrected chi connectivity index (χ3v) is 8.92. The molecular formula is C39H54O4. The second kappa shape index (κ2) is 15.5. The lowest BCUT2D eigenvalue weighted by Gasteiger charge is -2.35. The molecule has 234 valence electrons. The van der Waals surface area contributed by atoms with Gasteiger partial charge in [0.05, 0.1) is 18.0 Å². The number of carbonyl (C=O) groups is 1. The highest BCUT2D eigenvalue weighted by Gasteiger charge is 2.52. The number of allylic oxidation sites excluding steroid dienone is 19. The van der Waals surface area contributed by atoms with E-state index in [2.05, 4.69) is 32.9 Å². The second-order valence-corrected chi connectivity index (χ2v) is 13.9. The normalized spacial score (nSPS) is 27.7. The summed E-state index contributed by atoms with van der Waals surface area (Å²) in [6.07, 6.45) is 29.0. The molecule has 4 nitrogen and oxygen atoms in total. The van der Waals surface area contributed by atoms with Crippen molar-refractivity contribution in [2.45, 2.75) is 100 Å². The molecule has 0 aromatic carbocycles. The quantitative estimate of drug-likeness (QED) is 0.167. The summed E-state index contributed by atoms with van der Waals surface area (Å²) in [6.45, 7) is 18.3. The van der Waals surface area contributed by atoms with E-state index in [1.807, 2.05) is 108 Å². The smallest absolute Gasteiger partial charge is 0.162 e. The van der Waals surface area contributed by atoms with Gasteiger partial charge in [0, 0.05) is 11.8 Å². The number of ketones is 1. The average Bonchev–Trinajstić information content (AvgIpc) is 3.10. The Labute approximate surface area is 260 Å². The molecule has 0 radical (unpaired) electrons. The first-order valence-electron chi connectivity index (χ1n) is 15.4. The molecule has 0 saturated heterocycles. The van der Waals surface area contributed by atoms with Gasteiger partial charge in [-0.1, -0.05) is 136 Å². The maximum Gasteiger partial charge on any atom is 0.162 e. The van der Waals surface area contributed by atoms with Crippen LogP contribution in [0.15, 0.2) is 119 Å². The maximum absolute atomic E-state index is 12.9. The highest BCUT2D eigenvalue weighted by Crippen LogP contribution is 2.53. The molecule has 1 fully saturated rings. The van der Waals surface area contributed by atoms with Crippen LogP contribution in [0.25, 0.3) is 0 Å². The van der Waals surface area contributed by atoms with Gasteiger partial charge in [0.25, 0.3) is 0 Å². The van der Waals surface area contributed by atoms with Crippen molar-refractivity contribution in [2.24, 2.45) is 16.2 Å². The zero-order valence-electron chi connectivity index (χ0n) is 27.8. The van der Waals surface area contributed by atoms with Crippen molar-refractivity contribution in [3.63, 3.8) is 0 Å². The number of hydrogen-bond donors (Lipinski definition) is 3. The van der Waals surface area contributed by atoms with Crippen molar-refractivity contribution in [1.82, 2.24) is 0 Å². The van der Waals surface area contributed by atoms with Crippen LogP contribution in [0.4, 0.5) is 0 Å². The van der Waals surface area contributed by atoms with Gasteiger partial charge in [-0.3, -0.25) is 4.79 Å². The van der Waals surface area contributed by atoms with Gasteiger partial charge in [0.15, 0.2) is 5.78 Å². The lowest BCUT2D eigenvalue weighted by atomic mass is 9.66. The number of carbonyl (C=O) groups excluding carboxylic acids is 1. The molecule has 43 heavy (non-hydrogen) atoms. The fraction of sp³-hybridized carbons (Fsp3) is 0.462. The number of aliphatic hydroxyl groups excluding tert-OH is 3. The van der Waals surface area contributed by atoms with Crippen molar-refractivity contribution in [3.8, 4) is 0 Å². The summed E-state index contributed by atoms with van der Waals surface area (Å²) in [7, 11) is 0. The minimum absolute atomic E-state index is 0.0770. The summed E-state index contributed by atoms with van der Waals surface area (Å²) in [6, 6.07) is 0. The second-order valence-electron chi connectivity index (χ2n) is 13.9. The van der Waals surface area contributed by atoms with Gasteiger partial charge >= 0.3 is 0 Å². The van der Waals surface area contributed by atoms with Crippen molar-refractivity contribution in [1.29, 1.82) is 0 Å². The van der Waals surface area contributed by atoms with Crippen LogP contribution in [-0.4, -0.2) is 33.3 Å². The zero-order valence-corrected chi connectivity index (χ0v) is 27.8. The number of rotatable bonds is 11. The molecule has 3 N–H and O–H groups in total. The van der Waals surface area contributed by atoms with Crippen LogP contribution >= 0.6 is 0 Å². The number of aliphatic hydroxyl groups is 3. The molecule has 0 amide bonds. The highest BCUT2D eigenvalue weighted by molar-refractivity contribution is 5.95. The Balaban J connectivity index is 1.89. The standard InChI is InChI=1S/C39H54O4/c1-28(16-12-18-30(3)20-22-34-35(42)24-32(40)25-37(34,5)6)14-10-11-15-29(2)17-13-19-31(4)21-23-36(43)39(9)27-33(41)26-38(39,7)8/h10-23,32-33,40-42H,24-27H2,1-9H3/b11-10+,16-12+,17-13+,22-20+,23-21+,28-14+,29-15+,30-18+,31-19+/t32-,33+,39+/m1/s1. The van der Waals surface area contributed by atoms with E-state index in [1.165, 1.54) is 0 Å². The summed E-state index contributed by atoms with van der Waals surface area (Å²) in [4.78, 5) is 12.9. The lowest BCUT2D eigenvalue weighted by molar-refractivity contribution is -0.127. The van der Waals surface area contributed by atoms with Crippen molar-refractivity contribution < 1.29 is 20.1 Å². The fourth-order valence-electron chi connectivity index (χ4n) is 5.83. The minimum Gasteiger partial charge on any atom is -0.512 e. The van der Waals surface area contributed by atoms with Crippen molar-refractivity contribution in [2.75, 3.05) is 0 Å². The molecule has 2 aliphatic rings. The molecule has 0 aromatic rings. The largest absolute Gasteiger partial charge is 0.512 e. The predicted octanol–water partition coefficient (Wildman–Crippen LogP) is 9.30. The van der Waals surface area contributed by atoms with E-state index in [1.54, 1.807) is 6.08 Å². The van der Waals surface area contributed by atoms with E-state index in [9.17, 15) is 20.1 Å². The van der Waals surface area contributed by atoms with E-state index in [-0.39, 0.29) is 22.4 Å². The minimum atomic E-state index is -0.539. The Bertz CT molecular complexity index is 1320. The van der Waals surface area contributed by atoms with Gasteiger partial charge in [0.2, 0.25) is 0 Å². The molecule has 0 unspecified atom stereocenters. The first-order valence-corrected chi connectivity index (χ1v) is 15.4. The molecule has 0 heterocycles. The maximum atomic E-state index is 12.9. The summed E-state index contributed by atoms with van der Waals surface area (Å²) < 4.78 is 0. The van der Waals surface area contributed by atoms with Crippen LogP contribution in [0.3, 0.4) is 0 Å². The van der Waals surface area contributed by atoms with E-state index in [0.29, 0.717) is 25.7 Å². The molecule has 2 rings (SSSR count). The summed E-state index contributed by atoms with van der Waals surface area (Å²) in [5, 5.41) is 30.4. The third kappa shape index (κ3) is 10.8. The van der Waals surface area contributed by atoms with Gasteiger partial charge in [-0.15, -0.1) is 0 Å². The molecule has 4 heteroatoms. The lowest BCUT2D eigenvalue weighted by Crippen LogP contribution is -2.36. The molecular weight excluding hydrogens is 532 g/mol. The summed E-state index contributed by atoms with van der Waals surface area (Å²) >= 11 is 0. The van der Waals surface area contributed by atoms with E-state index in [0.717, 1.165) is 27.9 Å². The van der Waals surface area contributed by atoms with E-state index >= 15 is 0 Å². The zero-order chi connectivity index (χ0) is 32.4. The van der Waals surface area contributed by atoms with Gasteiger partial charge in [0.1, 0.15) is 0 Å². The van der Waals surface area contributed by atoms with Gasteiger partial charge in [-0.2, -0.15) is 0 Å². The Kier molecular flexibility index (Phi) is 13.0. The van der Waals surface area contributed by atoms with Crippen LogP contribution < -0.4 is 0 Å². The van der Waals surface area contributed by atoms with Crippen LogP contribution in [-0.2, 0) is 4.79 Å². The predicted molar refractivity (Wildman–Crippen MR) is 182 cm³/mol.